The van der Waals surface area contributed by atoms with Crippen LogP contribution >= 0.6 is 0 Å². The lowest BCUT2D eigenvalue weighted by Crippen LogP contribution is -2.36. The van der Waals surface area contributed by atoms with Crippen molar-refractivity contribution < 1.29 is 19.1 Å². The number of aromatic nitrogens is 1. The summed E-state index contributed by atoms with van der Waals surface area (Å²) in [7, 11) is 0. The van der Waals surface area contributed by atoms with Crippen molar-refractivity contribution in [1.29, 1.82) is 0 Å². The molecule has 1 aliphatic heterocycles. The Balaban J connectivity index is 1.88. The largest absolute Gasteiger partial charge is 0.488 e. The smallest absolute Gasteiger partial charge is 0.410 e. The molecule has 0 aliphatic carbocycles. The van der Waals surface area contributed by atoms with E-state index in [-0.39, 0.29) is 18.1 Å². The number of rotatable bonds is 4. The summed E-state index contributed by atoms with van der Waals surface area (Å²) in [5.74, 6) is 0.577. The molecule has 1 N–H and O–H groups in total. The summed E-state index contributed by atoms with van der Waals surface area (Å²) < 4.78 is 11.3. The van der Waals surface area contributed by atoms with Crippen LogP contribution in [0.1, 0.15) is 39.8 Å². The standard InChI is InChI=1S/C17H25N3O4/c1-12(21)19-10-13-9-14(5-7-18-13)23-15-6-8-20(11-15)16(22)24-17(2,3)4/h5,7,9,15H,6,8,10-11H2,1-4H3,(H,19,21)/t15-/m0/s1. The number of hydrogen-bond donors (Lipinski definition) is 1. The van der Waals surface area contributed by atoms with Gasteiger partial charge in [0.1, 0.15) is 17.5 Å². The minimum Gasteiger partial charge on any atom is -0.488 e. The van der Waals surface area contributed by atoms with Gasteiger partial charge in [-0.1, -0.05) is 0 Å². The van der Waals surface area contributed by atoms with Crippen molar-refractivity contribution in [3.63, 3.8) is 0 Å². The second-order valence-electron chi connectivity index (χ2n) is 6.85. The highest BCUT2D eigenvalue weighted by atomic mass is 16.6. The Kier molecular flexibility index (Phi) is 5.64. The Morgan fingerprint density at radius 3 is 2.83 bits per heavy atom. The average molecular weight is 335 g/mol. The summed E-state index contributed by atoms with van der Waals surface area (Å²) in [4.78, 5) is 28.9. The van der Waals surface area contributed by atoms with E-state index >= 15 is 0 Å². The van der Waals surface area contributed by atoms with E-state index in [0.29, 0.717) is 25.4 Å². The van der Waals surface area contributed by atoms with Gasteiger partial charge in [-0.2, -0.15) is 0 Å². The fourth-order valence-corrected chi connectivity index (χ4v) is 2.35. The molecular weight excluding hydrogens is 310 g/mol. The molecule has 7 nitrogen and oxygen atoms in total. The minimum absolute atomic E-state index is 0.0754. The third-order valence-electron chi connectivity index (χ3n) is 3.41. The van der Waals surface area contributed by atoms with Crippen LogP contribution < -0.4 is 10.1 Å². The molecule has 0 saturated carbocycles. The number of carbonyl (C=O) groups excluding carboxylic acids is 2. The fraction of sp³-hybridized carbons (Fsp3) is 0.588. The molecule has 1 aromatic rings. The summed E-state index contributed by atoms with van der Waals surface area (Å²) in [6.45, 7) is 8.49. The van der Waals surface area contributed by atoms with E-state index in [1.165, 1.54) is 6.92 Å². The highest BCUT2D eigenvalue weighted by Gasteiger charge is 2.30. The number of nitrogens with zero attached hydrogens (tertiary/aromatic N) is 2. The lowest BCUT2D eigenvalue weighted by atomic mass is 10.2. The number of hydrogen-bond acceptors (Lipinski definition) is 5. The van der Waals surface area contributed by atoms with Gasteiger partial charge < -0.3 is 19.7 Å². The summed E-state index contributed by atoms with van der Waals surface area (Å²) in [6, 6.07) is 3.57. The molecule has 7 heteroatoms. The zero-order valence-corrected chi connectivity index (χ0v) is 14.7. The SMILES string of the molecule is CC(=O)NCc1cc(O[C@H]2CCN(C(=O)OC(C)(C)C)C2)ccn1. The van der Waals surface area contributed by atoms with Gasteiger partial charge in [-0.15, -0.1) is 0 Å². The first-order valence-corrected chi connectivity index (χ1v) is 8.07. The Hall–Kier alpha value is -2.31. The van der Waals surface area contributed by atoms with Crippen LogP contribution in [-0.2, 0) is 16.1 Å². The molecule has 1 aliphatic rings. The van der Waals surface area contributed by atoms with Gasteiger partial charge in [0.25, 0.3) is 0 Å². The molecule has 2 amide bonds. The number of nitrogens with one attached hydrogen (secondary N) is 1. The van der Waals surface area contributed by atoms with E-state index in [0.717, 1.165) is 12.1 Å². The molecule has 0 unspecified atom stereocenters. The van der Waals surface area contributed by atoms with Crippen LogP contribution in [0.15, 0.2) is 18.3 Å². The van der Waals surface area contributed by atoms with Crippen LogP contribution in [0.2, 0.25) is 0 Å². The van der Waals surface area contributed by atoms with Crippen LogP contribution in [0.4, 0.5) is 4.79 Å². The van der Waals surface area contributed by atoms with Gasteiger partial charge in [-0.3, -0.25) is 9.78 Å². The quantitative estimate of drug-likeness (QED) is 0.911. The van der Waals surface area contributed by atoms with Gasteiger partial charge in [-0.05, 0) is 26.8 Å². The molecule has 1 aromatic heterocycles. The van der Waals surface area contributed by atoms with Crippen molar-refractivity contribution in [3.8, 4) is 5.75 Å². The van der Waals surface area contributed by atoms with Crippen molar-refractivity contribution in [2.24, 2.45) is 0 Å². The van der Waals surface area contributed by atoms with Crippen LogP contribution in [0, 0.1) is 0 Å². The maximum atomic E-state index is 12.1. The molecule has 2 heterocycles. The van der Waals surface area contributed by atoms with E-state index in [9.17, 15) is 9.59 Å². The number of likely N-dealkylation sites (tertiary alicyclic amines) is 1. The van der Waals surface area contributed by atoms with E-state index in [1.807, 2.05) is 20.8 Å². The van der Waals surface area contributed by atoms with E-state index in [4.69, 9.17) is 9.47 Å². The molecule has 0 bridgehead atoms. The summed E-state index contributed by atoms with van der Waals surface area (Å²) in [6.07, 6.45) is 2.01. The fourth-order valence-electron chi connectivity index (χ4n) is 2.35. The van der Waals surface area contributed by atoms with Crippen LogP contribution in [0.5, 0.6) is 5.75 Å². The van der Waals surface area contributed by atoms with Crippen molar-refractivity contribution in [1.82, 2.24) is 15.2 Å². The van der Waals surface area contributed by atoms with Crippen molar-refractivity contribution >= 4 is 12.0 Å². The van der Waals surface area contributed by atoms with E-state index in [2.05, 4.69) is 10.3 Å². The van der Waals surface area contributed by atoms with E-state index < -0.39 is 5.60 Å². The monoisotopic (exact) mass is 335 g/mol. The lowest BCUT2D eigenvalue weighted by molar-refractivity contribution is -0.119. The number of amides is 2. The first-order chi connectivity index (χ1) is 11.2. The maximum Gasteiger partial charge on any atom is 0.410 e. The number of ether oxygens (including phenoxy) is 2. The van der Waals surface area contributed by atoms with Gasteiger partial charge in [0, 0.05) is 32.2 Å². The molecule has 1 fully saturated rings. The third-order valence-corrected chi connectivity index (χ3v) is 3.41. The first kappa shape index (κ1) is 18.0. The first-order valence-electron chi connectivity index (χ1n) is 8.07. The predicted octanol–water partition coefficient (Wildman–Crippen LogP) is 2.11. The molecule has 0 spiro atoms. The topological polar surface area (TPSA) is 80.8 Å². The average Bonchev–Trinajstić information content (AvgIpc) is 2.92. The number of pyridine rings is 1. The van der Waals surface area contributed by atoms with Crippen molar-refractivity contribution in [3.05, 3.63) is 24.0 Å². The normalized spacial score (nSPS) is 17.5. The van der Waals surface area contributed by atoms with Crippen LogP contribution in [0.3, 0.4) is 0 Å². The number of carbonyl (C=O) groups is 2. The Morgan fingerprint density at radius 2 is 2.17 bits per heavy atom. The van der Waals surface area contributed by atoms with Crippen LogP contribution in [-0.4, -0.2) is 46.7 Å². The van der Waals surface area contributed by atoms with Crippen molar-refractivity contribution in [2.75, 3.05) is 13.1 Å². The molecule has 2 rings (SSSR count). The summed E-state index contributed by atoms with van der Waals surface area (Å²) in [5, 5.41) is 2.70. The second kappa shape index (κ2) is 7.51. The summed E-state index contributed by atoms with van der Waals surface area (Å²) >= 11 is 0. The Bertz CT molecular complexity index is 598. The van der Waals surface area contributed by atoms with Gasteiger partial charge in [0.2, 0.25) is 5.91 Å². The Morgan fingerprint density at radius 1 is 1.42 bits per heavy atom. The highest BCUT2D eigenvalue weighted by molar-refractivity contribution is 5.72. The zero-order valence-electron chi connectivity index (χ0n) is 14.7. The summed E-state index contributed by atoms with van der Waals surface area (Å²) in [5.41, 5.74) is 0.226. The molecular formula is C17H25N3O4. The van der Waals surface area contributed by atoms with Crippen LogP contribution in [0.25, 0.3) is 0 Å². The molecule has 0 radical (unpaired) electrons. The van der Waals surface area contributed by atoms with Gasteiger partial charge in [0.15, 0.2) is 0 Å². The molecule has 24 heavy (non-hydrogen) atoms. The maximum absolute atomic E-state index is 12.1. The lowest BCUT2D eigenvalue weighted by Gasteiger charge is -2.24. The molecule has 0 aromatic carbocycles. The minimum atomic E-state index is -0.500. The van der Waals surface area contributed by atoms with Gasteiger partial charge in [0.05, 0.1) is 18.8 Å². The van der Waals surface area contributed by atoms with Gasteiger partial charge >= 0.3 is 6.09 Å². The second-order valence-corrected chi connectivity index (χ2v) is 6.85. The van der Waals surface area contributed by atoms with Crippen molar-refractivity contribution in [2.45, 2.75) is 52.4 Å². The highest BCUT2D eigenvalue weighted by Crippen LogP contribution is 2.20. The van der Waals surface area contributed by atoms with E-state index in [1.54, 1.807) is 23.2 Å². The molecule has 1 atom stereocenters. The predicted molar refractivity (Wildman–Crippen MR) is 88.6 cm³/mol. The molecule has 132 valence electrons. The van der Waals surface area contributed by atoms with Gasteiger partial charge in [-0.25, -0.2) is 4.79 Å². The third kappa shape index (κ3) is 5.72. The Labute approximate surface area is 142 Å². The molecule has 1 saturated heterocycles. The zero-order chi connectivity index (χ0) is 17.7.